The Bertz CT molecular complexity index is 1540. The molecular weight excluding hydrogens is 528 g/mol. The van der Waals surface area contributed by atoms with Gasteiger partial charge in [0.1, 0.15) is 17.6 Å². The van der Waals surface area contributed by atoms with Gasteiger partial charge in [-0.3, -0.25) is 14.5 Å². The summed E-state index contributed by atoms with van der Waals surface area (Å²) in [5.41, 5.74) is 2.62. The second kappa shape index (κ2) is 9.28. The summed E-state index contributed by atoms with van der Waals surface area (Å²) in [5.74, 6) is -1.03. The van der Waals surface area contributed by atoms with Gasteiger partial charge >= 0.3 is 5.91 Å². The Balaban J connectivity index is 1.71. The van der Waals surface area contributed by atoms with Crippen molar-refractivity contribution in [1.29, 1.82) is 0 Å². The zero-order chi connectivity index (χ0) is 26.6. The lowest BCUT2D eigenvalue weighted by Crippen LogP contribution is -2.28. The number of nitrogens with zero attached hydrogens (tertiary/aromatic N) is 2. The number of carbonyl (C=O) groups excluding carboxylic acids is 2. The average Bonchev–Trinajstić information content (AvgIpc) is 3.57. The van der Waals surface area contributed by atoms with Gasteiger partial charge in [0.05, 0.1) is 22.9 Å². The van der Waals surface area contributed by atoms with E-state index in [4.69, 9.17) is 16.3 Å². The third kappa shape index (κ3) is 4.33. The number of carbonyl (C=O) groups is 2. The lowest BCUT2D eigenvalue weighted by Gasteiger charge is -2.24. The number of hydrogen-bond acceptors (Lipinski definition) is 7. The molecule has 4 aromatic rings. The highest BCUT2D eigenvalue weighted by atomic mass is 35.5. The number of ketones is 1. The van der Waals surface area contributed by atoms with Gasteiger partial charge in [0, 0.05) is 21.0 Å². The van der Waals surface area contributed by atoms with Gasteiger partial charge in [-0.1, -0.05) is 49.8 Å². The molecule has 5 rings (SSSR count). The standard InChI is InChI=1S/C28H25ClN2O4S2/c1-14-11-21-18(13-17(14)29)30-27(37-21)31-23(20-7-6-10-36-20)22(25(33)26(31)34)24(32)15-8-9-19(35-5)16(12-15)28(2,3)4/h6-13,23,32H,1-5H3/b24-22+. The van der Waals surface area contributed by atoms with E-state index in [1.807, 2.05) is 57.3 Å². The number of aromatic nitrogens is 1. The van der Waals surface area contributed by atoms with Crippen LogP contribution >= 0.6 is 34.3 Å². The van der Waals surface area contributed by atoms with E-state index in [2.05, 4.69) is 4.98 Å². The Morgan fingerprint density at radius 2 is 1.92 bits per heavy atom. The maximum atomic E-state index is 13.5. The molecule has 0 spiro atoms. The molecule has 1 unspecified atom stereocenters. The fourth-order valence-corrected chi connectivity index (χ4v) is 6.54. The largest absolute Gasteiger partial charge is 0.507 e. The van der Waals surface area contributed by atoms with E-state index in [0.29, 0.717) is 27.0 Å². The highest BCUT2D eigenvalue weighted by Crippen LogP contribution is 2.46. The maximum Gasteiger partial charge on any atom is 0.301 e. The zero-order valence-electron chi connectivity index (χ0n) is 21.0. The number of methoxy groups -OCH3 is 1. The van der Waals surface area contributed by atoms with Crippen molar-refractivity contribution >= 4 is 67.1 Å². The van der Waals surface area contributed by atoms with Crippen molar-refractivity contribution in [2.45, 2.75) is 39.2 Å². The Kier molecular flexibility index (Phi) is 6.38. The minimum Gasteiger partial charge on any atom is -0.507 e. The molecule has 1 aliphatic rings. The van der Waals surface area contributed by atoms with Crippen molar-refractivity contribution < 1.29 is 19.4 Å². The predicted octanol–water partition coefficient (Wildman–Crippen LogP) is 7.25. The van der Waals surface area contributed by atoms with Crippen LogP contribution in [0.3, 0.4) is 0 Å². The number of thiazole rings is 1. The number of thiophene rings is 1. The normalized spacial score (nSPS) is 17.7. The molecule has 3 heterocycles. The number of halogens is 1. The topological polar surface area (TPSA) is 79.7 Å². The van der Waals surface area contributed by atoms with E-state index in [1.165, 1.54) is 27.6 Å². The van der Waals surface area contributed by atoms with Gasteiger partial charge in [-0.2, -0.15) is 0 Å². The van der Waals surface area contributed by atoms with Gasteiger partial charge in [-0.05, 0) is 59.7 Å². The number of Topliss-reactive ketones (excluding diaryl/α,β-unsaturated/α-hetero) is 1. The number of fused-ring (bicyclic) bond motifs is 1. The summed E-state index contributed by atoms with van der Waals surface area (Å²) < 4.78 is 6.38. The summed E-state index contributed by atoms with van der Waals surface area (Å²) in [6.07, 6.45) is 0. The molecular formula is C28H25ClN2O4S2. The molecule has 1 saturated heterocycles. The third-order valence-corrected chi connectivity index (χ3v) is 8.75. The number of aliphatic hydroxyl groups is 1. The van der Waals surface area contributed by atoms with Crippen LogP contribution < -0.4 is 9.64 Å². The first-order valence-electron chi connectivity index (χ1n) is 11.6. The Hall–Kier alpha value is -3.20. The SMILES string of the molecule is COc1ccc(/C(O)=C2\C(=O)C(=O)N(c3nc4cc(Cl)c(C)cc4s3)C2c2cccs2)cc1C(C)(C)C. The van der Waals surface area contributed by atoms with Crippen LogP contribution in [-0.4, -0.2) is 28.9 Å². The molecule has 0 saturated carbocycles. The molecule has 2 aromatic carbocycles. The summed E-state index contributed by atoms with van der Waals surface area (Å²) in [6, 6.07) is 11.9. The number of benzene rings is 2. The van der Waals surface area contributed by atoms with Crippen molar-refractivity contribution in [2.24, 2.45) is 0 Å². The number of aliphatic hydroxyl groups excluding tert-OH is 1. The quantitative estimate of drug-likeness (QED) is 0.164. The molecule has 6 nitrogen and oxygen atoms in total. The second-order valence-corrected chi connectivity index (χ2v) is 12.3. The van der Waals surface area contributed by atoms with E-state index < -0.39 is 17.7 Å². The molecule has 2 aromatic heterocycles. The van der Waals surface area contributed by atoms with Crippen LogP contribution in [0.5, 0.6) is 5.75 Å². The fraction of sp³-hybridized carbons (Fsp3) is 0.250. The number of ether oxygens (including phenoxy) is 1. The van der Waals surface area contributed by atoms with Gasteiger partial charge in [0.25, 0.3) is 5.78 Å². The number of hydrogen-bond donors (Lipinski definition) is 1. The van der Waals surface area contributed by atoms with Crippen LogP contribution in [0.1, 0.15) is 48.4 Å². The summed E-state index contributed by atoms with van der Waals surface area (Å²) in [4.78, 5) is 33.7. The molecule has 1 aliphatic heterocycles. The average molecular weight is 553 g/mol. The predicted molar refractivity (Wildman–Crippen MR) is 150 cm³/mol. The van der Waals surface area contributed by atoms with E-state index in [9.17, 15) is 14.7 Å². The maximum absolute atomic E-state index is 13.5. The number of rotatable bonds is 4. The van der Waals surface area contributed by atoms with Crippen molar-refractivity contribution in [3.8, 4) is 5.75 Å². The van der Waals surface area contributed by atoms with Gasteiger partial charge < -0.3 is 9.84 Å². The first-order valence-corrected chi connectivity index (χ1v) is 13.7. The van der Waals surface area contributed by atoms with E-state index in [1.54, 1.807) is 25.3 Å². The van der Waals surface area contributed by atoms with Gasteiger partial charge in [-0.25, -0.2) is 4.98 Å². The molecule has 0 aliphatic carbocycles. The Morgan fingerprint density at radius 3 is 2.57 bits per heavy atom. The van der Waals surface area contributed by atoms with Crippen LogP contribution in [0, 0.1) is 6.92 Å². The molecule has 1 amide bonds. The first kappa shape index (κ1) is 25.4. The summed E-state index contributed by atoms with van der Waals surface area (Å²) >= 11 is 9.02. The molecule has 9 heteroatoms. The van der Waals surface area contributed by atoms with Gasteiger partial charge in [0.15, 0.2) is 5.13 Å². The highest BCUT2D eigenvalue weighted by Gasteiger charge is 2.48. The lowest BCUT2D eigenvalue weighted by atomic mass is 9.84. The monoisotopic (exact) mass is 552 g/mol. The highest BCUT2D eigenvalue weighted by molar-refractivity contribution is 7.22. The van der Waals surface area contributed by atoms with Crippen LogP contribution in [0.4, 0.5) is 5.13 Å². The zero-order valence-corrected chi connectivity index (χ0v) is 23.3. The van der Waals surface area contributed by atoms with E-state index >= 15 is 0 Å². The smallest absolute Gasteiger partial charge is 0.301 e. The molecule has 190 valence electrons. The van der Waals surface area contributed by atoms with Crippen molar-refractivity contribution in [3.63, 3.8) is 0 Å². The van der Waals surface area contributed by atoms with Crippen molar-refractivity contribution in [3.05, 3.63) is 80.0 Å². The number of anilines is 1. The molecule has 1 N–H and O–H groups in total. The summed E-state index contributed by atoms with van der Waals surface area (Å²) in [5, 5.41) is 14.4. The van der Waals surface area contributed by atoms with E-state index in [0.717, 1.165) is 20.7 Å². The fourth-order valence-electron chi connectivity index (χ4n) is 4.48. The Morgan fingerprint density at radius 1 is 1.16 bits per heavy atom. The molecule has 0 bridgehead atoms. The Labute approximate surface area is 227 Å². The lowest BCUT2D eigenvalue weighted by molar-refractivity contribution is -0.132. The summed E-state index contributed by atoms with van der Waals surface area (Å²) in [7, 11) is 1.60. The molecule has 1 atom stereocenters. The third-order valence-electron chi connectivity index (χ3n) is 6.40. The molecule has 0 radical (unpaired) electrons. The molecule has 37 heavy (non-hydrogen) atoms. The van der Waals surface area contributed by atoms with Crippen LogP contribution in [0.2, 0.25) is 5.02 Å². The van der Waals surface area contributed by atoms with Crippen molar-refractivity contribution in [2.75, 3.05) is 12.0 Å². The van der Waals surface area contributed by atoms with Crippen LogP contribution in [0.25, 0.3) is 16.0 Å². The van der Waals surface area contributed by atoms with E-state index in [-0.39, 0.29) is 16.7 Å². The van der Waals surface area contributed by atoms with Gasteiger partial charge in [-0.15, -0.1) is 11.3 Å². The van der Waals surface area contributed by atoms with Crippen LogP contribution in [0.15, 0.2) is 53.4 Å². The minimum absolute atomic E-state index is 0.0333. The van der Waals surface area contributed by atoms with Crippen molar-refractivity contribution in [1.82, 2.24) is 4.98 Å². The number of amides is 1. The first-order chi connectivity index (χ1) is 17.5. The molecule has 1 fully saturated rings. The minimum atomic E-state index is -0.808. The van der Waals surface area contributed by atoms with Gasteiger partial charge in [0.2, 0.25) is 0 Å². The number of aryl methyl sites for hydroxylation is 1. The van der Waals surface area contributed by atoms with Crippen LogP contribution in [-0.2, 0) is 15.0 Å². The summed E-state index contributed by atoms with van der Waals surface area (Å²) in [6.45, 7) is 8.03. The second-order valence-electron chi connectivity index (χ2n) is 9.92.